The number of hydrogen-bond donors (Lipinski definition) is 1. The summed E-state index contributed by atoms with van der Waals surface area (Å²) in [6, 6.07) is 4.20. The van der Waals surface area contributed by atoms with E-state index in [-0.39, 0.29) is 0 Å². The van der Waals surface area contributed by atoms with Crippen LogP contribution in [0.25, 0.3) is 0 Å². The number of hydrogen-bond acceptors (Lipinski definition) is 4. The third kappa shape index (κ3) is 3.33. The first kappa shape index (κ1) is 13.6. The maximum Gasteiger partial charge on any atom is 0.162 e. The topological polar surface area (TPSA) is 30.5 Å². The van der Waals surface area contributed by atoms with Gasteiger partial charge in [0.05, 0.1) is 0 Å². The van der Waals surface area contributed by atoms with Gasteiger partial charge in [-0.25, -0.2) is 0 Å². The molecule has 2 rings (SSSR count). The summed E-state index contributed by atoms with van der Waals surface area (Å²) in [6.45, 7) is 5.47. The molecule has 1 aromatic rings. The Morgan fingerprint density at radius 1 is 1.22 bits per heavy atom. The molecule has 0 amide bonds. The van der Waals surface area contributed by atoms with Crippen molar-refractivity contribution in [1.82, 2.24) is 5.32 Å². The summed E-state index contributed by atoms with van der Waals surface area (Å²) in [7, 11) is 0. The SMILES string of the molecule is CCCCNCc1cc2c(cc1SC)OCCO2. The molecule has 0 atom stereocenters. The minimum Gasteiger partial charge on any atom is -0.486 e. The van der Waals surface area contributed by atoms with Crippen molar-refractivity contribution in [2.45, 2.75) is 31.2 Å². The standard InChI is InChI=1S/C14H21NO2S/c1-3-4-5-15-10-11-8-12-13(9-14(11)18-2)17-7-6-16-12/h8-9,15H,3-7,10H2,1-2H3. The molecule has 1 heterocycles. The number of unbranched alkanes of at least 4 members (excludes halogenated alkanes) is 1. The molecule has 0 spiro atoms. The number of nitrogens with one attached hydrogen (secondary N) is 1. The van der Waals surface area contributed by atoms with Gasteiger partial charge in [-0.15, -0.1) is 11.8 Å². The van der Waals surface area contributed by atoms with E-state index in [2.05, 4.69) is 30.6 Å². The van der Waals surface area contributed by atoms with E-state index < -0.39 is 0 Å². The minimum absolute atomic E-state index is 0.647. The Hall–Kier alpha value is -0.870. The highest BCUT2D eigenvalue weighted by Gasteiger charge is 2.15. The van der Waals surface area contributed by atoms with E-state index in [0.29, 0.717) is 13.2 Å². The molecule has 0 aromatic heterocycles. The van der Waals surface area contributed by atoms with Crippen molar-refractivity contribution in [2.75, 3.05) is 26.0 Å². The zero-order valence-electron chi connectivity index (χ0n) is 11.1. The van der Waals surface area contributed by atoms with Crippen molar-refractivity contribution in [2.24, 2.45) is 0 Å². The Kier molecular flexibility index (Phi) is 5.20. The zero-order valence-corrected chi connectivity index (χ0v) is 11.9. The third-order valence-electron chi connectivity index (χ3n) is 2.97. The van der Waals surface area contributed by atoms with Gasteiger partial charge >= 0.3 is 0 Å². The smallest absolute Gasteiger partial charge is 0.162 e. The van der Waals surface area contributed by atoms with E-state index in [1.165, 1.54) is 23.3 Å². The molecule has 1 aliphatic heterocycles. The van der Waals surface area contributed by atoms with Gasteiger partial charge < -0.3 is 14.8 Å². The highest BCUT2D eigenvalue weighted by molar-refractivity contribution is 7.98. The van der Waals surface area contributed by atoms with Gasteiger partial charge in [0.25, 0.3) is 0 Å². The lowest BCUT2D eigenvalue weighted by molar-refractivity contribution is 0.171. The first-order chi connectivity index (χ1) is 8.85. The maximum atomic E-state index is 5.63. The molecular formula is C14H21NO2S. The lowest BCUT2D eigenvalue weighted by atomic mass is 10.2. The van der Waals surface area contributed by atoms with Crippen LogP contribution < -0.4 is 14.8 Å². The number of fused-ring (bicyclic) bond motifs is 1. The molecule has 0 fully saturated rings. The summed E-state index contributed by atoms with van der Waals surface area (Å²) in [5.74, 6) is 1.76. The zero-order chi connectivity index (χ0) is 12.8. The second-order valence-corrected chi connectivity index (χ2v) is 5.19. The van der Waals surface area contributed by atoms with E-state index in [0.717, 1.165) is 24.6 Å². The summed E-state index contributed by atoms with van der Waals surface area (Å²) in [5, 5.41) is 3.47. The summed E-state index contributed by atoms with van der Waals surface area (Å²) in [6.07, 6.45) is 4.55. The fourth-order valence-electron chi connectivity index (χ4n) is 1.97. The van der Waals surface area contributed by atoms with Crippen LogP contribution in [0.15, 0.2) is 17.0 Å². The predicted molar refractivity (Wildman–Crippen MR) is 75.8 cm³/mol. The van der Waals surface area contributed by atoms with E-state index in [4.69, 9.17) is 9.47 Å². The van der Waals surface area contributed by atoms with Crippen molar-refractivity contribution in [3.8, 4) is 11.5 Å². The summed E-state index contributed by atoms with van der Waals surface area (Å²) < 4.78 is 11.2. The van der Waals surface area contributed by atoms with E-state index in [9.17, 15) is 0 Å². The van der Waals surface area contributed by atoms with Crippen LogP contribution >= 0.6 is 11.8 Å². The van der Waals surface area contributed by atoms with Crippen LogP contribution in [0.2, 0.25) is 0 Å². The van der Waals surface area contributed by atoms with Gasteiger partial charge in [0.1, 0.15) is 13.2 Å². The summed E-state index contributed by atoms with van der Waals surface area (Å²) in [5.41, 5.74) is 1.29. The number of thioether (sulfide) groups is 1. The van der Waals surface area contributed by atoms with Crippen molar-refractivity contribution >= 4 is 11.8 Å². The molecule has 0 aliphatic carbocycles. The quantitative estimate of drug-likeness (QED) is 0.634. The largest absolute Gasteiger partial charge is 0.486 e. The van der Waals surface area contributed by atoms with E-state index in [1.54, 1.807) is 11.8 Å². The molecule has 0 unspecified atom stereocenters. The molecule has 0 radical (unpaired) electrons. The van der Waals surface area contributed by atoms with Gasteiger partial charge in [-0.1, -0.05) is 13.3 Å². The van der Waals surface area contributed by atoms with Crippen LogP contribution in [0.3, 0.4) is 0 Å². The molecule has 0 bridgehead atoms. The van der Waals surface area contributed by atoms with Crippen LogP contribution in [0, 0.1) is 0 Å². The molecule has 1 aromatic carbocycles. The molecule has 18 heavy (non-hydrogen) atoms. The number of rotatable bonds is 6. The van der Waals surface area contributed by atoms with Crippen molar-refractivity contribution in [3.63, 3.8) is 0 Å². The molecule has 3 nitrogen and oxygen atoms in total. The fraction of sp³-hybridized carbons (Fsp3) is 0.571. The van der Waals surface area contributed by atoms with Crippen molar-refractivity contribution in [3.05, 3.63) is 17.7 Å². The Bertz CT molecular complexity index is 396. The third-order valence-corrected chi connectivity index (χ3v) is 3.79. The van der Waals surface area contributed by atoms with Crippen LogP contribution in [0.1, 0.15) is 25.3 Å². The highest BCUT2D eigenvalue weighted by Crippen LogP contribution is 2.36. The molecular weight excluding hydrogens is 246 g/mol. The lowest BCUT2D eigenvalue weighted by Crippen LogP contribution is -2.18. The Morgan fingerprint density at radius 2 is 1.94 bits per heavy atom. The lowest BCUT2D eigenvalue weighted by Gasteiger charge is -2.21. The summed E-state index contributed by atoms with van der Waals surface area (Å²) in [4.78, 5) is 1.27. The fourth-order valence-corrected chi connectivity index (χ4v) is 2.58. The molecule has 0 saturated heterocycles. The number of ether oxygens (including phenoxy) is 2. The molecule has 100 valence electrons. The Labute approximate surface area is 113 Å². The van der Waals surface area contributed by atoms with Gasteiger partial charge in [-0.2, -0.15) is 0 Å². The molecule has 0 saturated carbocycles. The first-order valence-electron chi connectivity index (χ1n) is 6.52. The van der Waals surface area contributed by atoms with Gasteiger partial charge in [0.15, 0.2) is 11.5 Å². The molecule has 4 heteroatoms. The normalized spacial score (nSPS) is 13.7. The van der Waals surface area contributed by atoms with Crippen LogP contribution in [0.4, 0.5) is 0 Å². The van der Waals surface area contributed by atoms with Crippen molar-refractivity contribution < 1.29 is 9.47 Å². The van der Waals surface area contributed by atoms with Gasteiger partial charge in [0.2, 0.25) is 0 Å². The Morgan fingerprint density at radius 3 is 2.61 bits per heavy atom. The van der Waals surface area contributed by atoms with E-state index >= 15 is 0 Å². The van der Waals surface area contributed by atoms with Crippen LogP contribution in [-0.2, 0) is 6.54 Å². The van der Waals surface area contributed by atoms with Gasteiger partial charge in [-0.3, -0.25) is 0 Å². The Balaban J connectivity index is 2.07. The van der Waals surface area contributed by atoms with Crippen LogP contribution in [0.5, 0.6) is 11.5 Å². The first-order valence-corrected chi connectivity index (χ1v) is 7.75. The monoisotopic (exact) mass is 267 g/mol. The maximum absolute atomic E-state index is 5.63. The van der Waals surface area contributed by atoms with Gasteiger partial charge in [0, 0.05) is 11.4 Å². The average molecular weight is 267 g/mol. The van der Waals surface area contributed by atoms with E-state index in [1.807, 2.05) is 0 Å². The molecule has 1 N–H and O–H groups in total. The predicted octanol–water partition coefficient (Wildman–Crippen LogP) is 3.07. The number of benzene rings is 1. The van der Waals surface area contributed by atoms with Gasteiger partial charge in [-0.05, 0) is 36.9 Å². The highest BCUT2D eigenvalue weighted by atomic mass is 32.2. The second kappa shape index (κ2) is 6.90. The minimum atomic E-state index is 0.647. The molecule has 1 aliphatic rings. The van der Waals surface area contributed by atoms with Crippen molar-refractivity contribution in [1.29, 1.82) is 0 Å². The van der Waals surface area contributed by atoms with Crippen LogP contribution in [-0.4, -0.2) is 26.0 Å². The summed E-state index contributed by atoms with van der Waals surface area (Å²) >= 11 is 1.76. The second-order valence-electron chi connectivity index (χ2n) is 4.34. The average Bonchev–Trinajstić information content (AvgIpc) is 2.42.